The van der Waals surface area contributed by atoms with Crippen LogP contribution in [0.2, 0.25) is 0 Å². The summed E-state index contributed by atoms with van der Waals surface area (Å²) in [6.07, 6.45) is 9.22. The number of nitrogens with zero attached hydrogens (tertiary/aromatic N) is 2. The average Bonchev–Trinajstić information content (AvgIpc) is 3.65. The summed E-state index contributed by atoms with van der Waals surface area (Å²) >= 11 is 0. The van der Waals surface area contributed by atoms with E-state index in [4.69, 9.17) is 14.7 Å². The maximum absolute atomic E-state index is 7.04. The van der Waals surface area contributed by atoms with Gasteiger partial charge in [0.1, 0.15) is 11.5 Å². The predicted octanol–water partition coefficient (Wildman–Crippen LogP) is 14.8. The van der Waals surface area contributed by atoms with Crippen molar-refractivity contribution in [3.63, 3.8) is 0 Å². The molecule has 3 aliphatic rings. The lowest BCUT2D eigenvalue weighted by Crippen LogP contribution is -2.37. The molecule has 1 aliphatic heterocycles. The van der Waals surface area contributed by atoms with E-state index in [1.807, 2.05) is 12.1 Å². The number of fused-ring (bicyclic) bond motifs is 9. The van der Waals surface area contributed by atoms with Crippen molar-refractivity contribution in [3.8, 4) is 78.8 Å². The number of hydrogen-bond donors (Lipinski definition) is 0. The van der Waals surface area contributed by atoms with Gasteiger partial charge in [-0.25, -0.2) is 9.97 Å². The first-order chi connectivity index (χ1) is 30.7. The van der Waals surface area contributed by atoms with Crippen molar-refractivity contribution in [2.45, 2.75) is 11.3 Å². The highest BCUT2D eigenvalue weighted by molar-refractivity contribution is 5.83. The molecule has 3 heteroatoms. The van der Waals surface area contributed by atoms with E-state index in [9.17, 15) is 0 Å². The van der Waals surface area contributed by atoms with Crippen LogP contribution in [-0.4, -0.2) is 9.97 Å². The smallest absolute Gasteiger partial charge is 0.160 e. The average molecular weight is 793 g/mol. The van der Waals surface area contributed by atoms with Crippen molar-refractivity contribution >= 4 is 0 Å². The fourth-order valence-electron chi connectivity index (χ4n) is 10.3. The lowest BCUT2D eigenvalue weighted by molar-refractivity contribution is 0.375. The summed E-state index contributed by atoms with van der Waals surface area (Å²) in [5, 5.41) is 0. The van der Waals surface area contributed by atoms with Crippen molar-refractivity contribution in [3.05, 3.63) is 253 Å². The van der Waals surface area contributed by atoms with Crippen LogP contribution in [0.3, 0.4) is 0 Å². The first-order valence-corrected chi connectivity index (χ1v) is 21.4. The Labute approximate surface area is 362 Å². The standard InChI is InChI=1S/C59H40N2O/c1-3-17-39(18-4-1)41-21-14-25-45(36-41)55-38-54(40-19-5-2-6-20-40)60-58(61-55)46-26-15-23-43(37-46)42-22-13-24-44(35-42)47-29-16-33-53-57(47)62-56-34-12-11-32-52(56)59(53)50-30-9-7-27-48(50)49-28-8-10-31-51(49)59/h1-38,48,50H. The predicted molar refractivity (Wildman–Crippen MR) is 252 cm³/mol. The molecule has 3 atom stereocenters. The molecule has 0 radical (unpaired) electrons. The van der Waals surface area contributed by atoms with E-state index in [1.165, 1.54) is 27.8 Å². The maximum atomic E-state index is 7.04. The van der Waals surface area contributed by atoms with Crippen molar-refractivity contribution in [2.24, 2.45) is 5.92 Å². The third kappa shape index (κ3) is 5.81. The molecule has 0 bridgehead atoms. The molecule has 12 rings (SSSR count). The van der Waals surface area contributed by atoms with Gasteiger partial charge in [0.25, 0.3) is 0 Å². The van der Waals surface area contributed by atoms with E-state index in [2.05, 4.69) is 218 Å². The third-order valence-electron chi connectivity index (χ3n) is 13.0. The number of para-hydroxylation sites is 2. The Balaban J connectivity index is 0.963. The van der Waals surface area contributed by atoms with Crippen LogP contribution < -0.4 is 4.74 Å². The van der Waals surface area contributed by atoms with E-state index in [-0.39, 0.29) is 11.8 Å². The van der Waals surface area contributed by atoms with Crippen LogP contribution in [-0.2, 0) is 5.41 Å². The van der Waals surface area contributed by atoms with E-state index < -0.39 is 5.41 Å². The number of benzene rings is 8. The van der Waals surface area contributed by atoms with Crippen LogP contribution in [0.15, 0.2) is 231 Å². The molecule has 3 nitrogen and oxygen atoms in total. The number of allylic oxidation sites excluding steroid dienone is 4. The normalized spacial score (nSPS) is 17.7. The fraction of sp³-hybridized carbons (Fsp3) is 0.0508. The second-order valence-electron chi connectivity index (χ2n) is 16.4. The van der Waals surface area contributed by atoms with Gasteiger partial charge in [-0.3, -0.25) is 0 Å². The summed E-state index contributed by atoms with van der Waals surface area (Å²) in [5.41, 5.74) is 16.3. The molecule has 292 valence electrons. The number of hydrogen-bond acceptors (Lipinski definition) is 3. The molecule has 0 saturated carbocycles. The van der Waals surface area contributed by atoms with Gasteiger partial charge in [-0.2, -0.15) is 0 Å². The molecule has 9 aromatic rings. The number of aromatic nitrogens is 2. The van der Waals surface area contributed by atoms with Gasteiger partial charge < -0.3 is 4.74 Å². The Morgan fingerprint density at radius 2 is 0.919 bits per heavy atom. The molecule has 0 N–H and O–H groups in total. The monoisotopic (exact) mass is 792 g/mol. The van der Waals surface area contributed by atoms with E-state index in [1.54, 1.807) is 0 Å². The highest BCUT2D eigenvalue weighted by atomic mass is 16.5. The molecule has 1 spiro atoms. The second kappa shape index (κ2) is 14.7. The summed E-state index contributed by atoms with van der Waals surface area (Å²) in [6.45, 7) is 0. The summed E-state index contributed by atoms with van der Waals surface area (Å²) in [6, 6.07) is 73.4. The topological polar surface area (TPSA) is 35.0 Å². The van der Waals surface area contributed by atoms with Gasteiger partial charge in [0.15, 0.2) is 5.82 Å². The molecule has 1 aromatic heterocycles. The van der Waals surface area contributed by atoms with Crippen molar-refractivity contribution in [2.75, 3.05) is 0 Å². The fourth-order valence-corrected chi connectivity index (χ4v) is 10.3. The van der Waals surface area contributed by atoms with Gasteiger partial charge in [0.05, 0.1) is 16.8 Å². The Morgan fingerprint density at radius 3 is 1.71 bits per heavy atom. The Kier molecular flexibility index (Phi) is 8.53. The van der Waals surface area contributed by atoms with Gasteiger partial charge in [-0.15, -0.1) is 0 Å². The van der Waals surface area contributed by atoms with Gasteiger partial charge in [0.2, 0.25) is 0 Å². The first-order valence-electron chi connectivity index (χ1n) is 21.4. The number of rotatable bonds is 6. The molecule has 2 aliphatic carbocycles. The zero-order valence-electron chi connectivity index (χ0n) is 33.9. The van der Waals surface area contributed by atoms with Crippen LogP contribution in [0.25, 0.3) is 67.3 Å². The zero-order chi connectivity index (χ0) is 41.0. The summed E-state index contributed by atoms with van der Waals surface area (Å²) in [7, 11) is 0. The molecular formula is C59H40N2O. The largest absolute Gasteiger partial charge is 0.456 e. The Hall–Kier alpha value is -7.88. The van der Waals surface area contributed by atoms with Crippen molar-refractivity contribution in [1.82, 2.24) is 9.97 Å². The minimum atomic E-state index is -0.398. The van der Waals surface area contributed by atoms with Crippen LogP contribution in [0.5, 0.6) is 11.5 Å². The molecular weight excluding hydrogens is 753 g/mol. The van der Waals surface area contributed by atoms with Gasteiger partial charge in [-0.1, -0.05) is 200 Å². The van der Waals surface area contributed by atoms with Crippen LogP contribution in [0.4, 0.5) is 0 Å². The highest BCUT2D eigenvalue weighted by Crippen LogP contribution is 2.65. The third-order valence-corrected chi connectivity index (χ3v) is 13.0. The lowest BCUT2D eigenvalue weighted by atomic mass is 9.61. The van der Waals surface area contributed by atoms with E-state index in [0.717, 1.165) is 67.4 Å². The molecule has 62 heavy (non-hydrogen) atoms. The molecule has 0 fully saturated rings. The molecule has 8 aromatic carbocycles. The van der Waals surface area contributed by atoms with Crippen LogP contribution in [0.1, 0.15) is 28.2 Å². The van der Waals surface area contributed by atoms with Crippen LogP contribution in [0, 0.1) is 5.92 Å². The van der Waals surface area contributed by atoms with Crippen molar-refractivity contribution < 1.29 is 4.74 Å². The van der Waals surface area contributed by atoms with Crippen molar-refractivity contribution in [1.29, 1.82) is 0 Å². The second-order valence-corrected chi connectivity index (χ2v) is 16.4. The molecule has 2 heterocycles. The SMILES string of the molecule is C1=CC2c3ccccc3C3(c4ccccc4Oc4c(-c5cccc(-c6cccc(-c7nc(-c8ccccc8)cc(-c8cccc(-c9ccccc9)c8)n7)c6)c5)cccc43)C2C=C1. The van der Waals surface area contributed by atoms with E-state index >= 15 is 0 Å². The Morgan fingerprint density at radius 1 is 0.387 bits per heavy atom. The zero-order valence-corrected chi connectivity index (χ0v) is 33.9. The molecule has 0 amide bonds. The summed E-state index contributed by atoms with van der Waals surface area (Å²) < 4.78 is 7.04. The van der Waals surface area contributed by atoms with Crippen LogP contribution >= 0.6 is 0 Å². The van der Waals surface area contributed by atoms with Gasteiger partial charge in [0, 0.05) is 45.2 Å². The summed E-state index contributed by atoms with van der Waals surface area (Å²) in [5.74, 6) is 3.01. The first kappa shape index (κ1) is 36.0. The number of ether oxygens (including phenoxy) is 1. The van der Waals surface area contributed by atoms with Gasteiger partial charge in [-0.05, 0) is 69.3 Å². The minimum Gasteiger partial charge on any atom is -0.456 e. The lowest BCUT2D eigenvalue weighted by Gasteiger charge is -2.43. The molecule has 3 unspecified atom stereocenters. The molecule has 0 saturated heterocycles. The highest BCUT2D eigenvalue weighted by Gasteiger charge is 2.56. The Bertz CT molecular complexity index is 3240. The summed E-state index contributed by atoms with van der Waals surface area (Å²) in [4.78, 5) is 10.4. The maximum Gasteiger partial charge on any atom is 0.160 e. The minimum absolute atomic E-state index is 0.217. The van der Waals surface area contributed by atoms with E-state index in [0.29, 0.717) is 5.82 Å². The quantitative estimate of drug-likeness (QED) is 0.168. The van der Waals surface area contributed by atoms with Gasteiger partial charge >= 0.3 is 0 Å².